The zero-order chi connectivity index (χ0) is 18.5. The summed E-state index contributed by atoms with van der Waals surface area (Å²) in [5.74, 6) is 0.300. The van der Waals surface area contributed by atoms with E-state index in [-0.39, 0.29) is 11.5 Å². The van der Waals surface area contributed by atoms with Gasteiger partial charge in [-0.25, -0.2) is 4.98 Å². The van der Waals surface area contributed by atoms with Gasteiger partial charge in [0.2, 0.25) is 0 Å². The first kappa shape index (κ1) is 17.8. The number of hydrogen-bond acceptors (Lipinski definition) is 4. The number of amides is 1. The predicted octanol–water partition coefficient (Wildman–Crippen LogP) is 2.53. The lowest BCUT2D eigenvalue weighted by Gasteiger charge is -2.19. The quantitative estimate of drug-likeness (QED) is 0.741. The highest BCUT2D eigenvalue weighted by molar-refractivity contribution is 5.94. The van der Waals surface area contributed by atoms with Crippen molar-refractivity contribution in [3.05, 3.63) is 76.3 Å². The maximum Gasteiger partial charge on any atom is 0.261 e. The van der Waals surface area contributed by atoms with Gasteiger partial charge < -0.3 is 10.1 Å². The van der Waals surface area contributed by atoms with E-state index >= 15 is 0 Å². The molecule has 0 saturated heterocycles. The highest BCUT2D eigenvalue weighted by atomic mass is 16.5. The molecule has 0 fully saturated rings. The number of methoxy groups -OCH3 is 1. The third kappa shape index (κ3) is 3.65. The number of rotatable bonds is 6. The lowest BCUT2D eigenvalue weighted by Crippen LogP contribution is -2.34. The van der Waals surface area contributed by atoms with E-state index in [1.54, 1.807) is 35.9 Å². The van der Waals surface area contributed by atoms with Crippen molar-refractivity contribution >= 4 is 16.8 Å². The fourth-order valence-electron chi connectivity index (χ4n) is 2.85. The van der Waals surface area contributed by atoms with Gasteiger partial charge in [0.05, 0.1) is 30.1 Å². The number of hydrogen-bond donors (Lipinski definition) is 1. The van der Waals surface area contributed by atoms with E-state index < -0.39 is 6.04 Å². The fraction of sp³-hybridized carbons (Fsp3) is 0.250. The smallest absolute Gasteiger partial charge is 0.261 e. The minimum atomic E-state index is -0.433. The summed E-state index contributed by atoms with van der Waals surface area (Å²) in [6, 6.07) is 15.7. The van der Waals surface area contributed by atoms with Gasteiger partial charge in [-0.15, -0.1) is 0 Å². The Morgan fingerprint density at radius 3 is 2.58 bits per heavy atom. The van der Waals surface area contributed by atoms with Crippen LogP contribution in [0.5, 0.6) is 0 Å². The van der Waals surface area contributed by atoms with Crippen molar-refractivity contribution in [3.8, 4) is 0 Å². The van der Waals surface area contributed by atoms with Crippen molar-refractivity contribution in [3.63, 3.8) is 0 Å². The molecule has 3 aromatic rings. The molecule has 134 valence electrons. The van der Waals surface area contributed by atoms with Gasteiger partial charge in [0.1, 0.15) is 5.82 Å². The molecule has 1 unspecified atom stereocenters. The van der Waals surface area contributed by atoms with Crippen LogP contribution in [0.2, 0.25) is 0 Å². The minimum absolute atomic E-state index is 0.136. The molecule has 0 bridgehead atoms. The Bertz CT molecular complexity index is 967. The molecule has 1 atom stereocenters. The maximum atomic E-state index is 12.9. The van der Waals surface area contributed by atoms with Crippen LogP contribution in [0.15, 0.2) is 59.4 Å². The van der Waals surface area contributed by atoms with Crippen LogP contribution < -0.4 is 10.9 Å². The Kier molecular flexibility index (Phi) is 5.43. The molecule has 1 N–H and O–H groups in total. The number of ether oxygens (including phenoxy) is 1. The van der Waals surface area contributed by atoms with Crippen LogP contribution in [0, 0.1) is 0 Å². The SMILES string of the molecule is COCCn1c(C(C)NC(=O)c2ccccc2)nc2ccccc2c1=O. The first-order chi connectivity index (χ1) is 12.6. The molecule has 1 amide bonds. The first-order valence-corrected chi connectivity index (χ1v) is 8.46. The summed E-state index contributed by atoms with van der Waals surface area (Å²) >= 11 is 0. The van der Waals surface area contributed by atoms with Gasteiger partial charge in [-0.2, -0.15) is 0 Å². The molecule has 6 nitrogen and oxygen atoms in total. The Hall–Kier alpha value is -2.99. The third-order valence-electron chi connectivity index (χ3n) is 4.18. The largest absolute Gasteiger partial charge is 0.383 e. The number of fused-ring (bicyclic) bond motifs is 1. The number of carbonyl (C=O) groups excluding carboxylic acids is 1. The summed E-state index contributed by atoms with van der Waals surface area (Å²) in [6.07, 6.45) is 0. The normalized spacial score (nSPS) is 12.1. The van der Waals surface area contributed by atoms with E-state index in [1.165, 1.54) is 0 Å². The van der Waals surface area contributed by atoms with Crippen molar-refractivity contribution in [2.75, 3.05) is 13.7 Å². The average molecular weight is 351 g/mol. The summed E-state index contributed by atoms with van der Waals surface area (Å²) in [5, 5.41) is 3.47. The summed E-state index contributed by atoms with van der Waals surface area (Å²) < 4.78 is 6.69. The van der Waals surface area contributed by atoms with Gasteiger partial charge in [0.15, 0.2) is 0 Å². The van der Waals surface area contributed by atoms with E-state index in [0.29, 0.717) is 35.4 Å². The Morgan fingerprint density at radius 2 is 1.85 bits per heavy atom. The van der Waals surface area contributed by atoms with Crippen LogP contribution in [0.4, 0.5) is 0 Å². The molecular formula is C20H21N3O3. The van der Waals surface area contributed by atoms with Gasteiger partial charge >= 0.3 is 0 Å². The highest BCUT2D eigenvalue weighted by Crippen LogP contribution is 2.14. The summed E-state index contributed by atoms with van der Waals surface area (Å²) in [4.78, 5) is 29.9. The average Bonchev–Trinajstić information content (AvgIpc) is 2.67. The van der Waals surface area contributed by atoms with Crippen molar-refractivity contribution in [1.82, 2.24) is 14.9 Å². The molecule has 0 radical (unpaired) electrons. The Labute approximate surface area is 151 Å². The van der Waals surface area contributed by atoms with Crippen LogP contribution in [-0.4, -0.2) is 29.2 Å². The molecule has 0 aliphatic carbocycles. The molecule has 0 spiro atoms. The van der Waals surface area contributed by atoms with Crippen LogP contribution >= 0.6 is 0 Å². The second kappa shape index (κ2) is 7.93. The van der Waals surface area contributed by atoms with Gasteiger partial charge in [0, 0.05) is 12.7 Å². The van der Waals surface area contributed by atoms with E-state index in [0.717, 1.165) is 0 Å². The summed E-state index contributed by atoms with van der Waals surface area (Å²) in [6.45, 7) is 2.57. The summed E-state index contributed by atoms with van der Waals surface area (Å²) in [7, 11) is 1.58. The lowest BCUT2D eigenvalue weighted by atomic mass is 10.2. The fourth-order valence-corrected chi connectivity index (χ4v) is 2.85. The van der Waals surface area contributed by atoms with Crippen molar-refractivity contribution in [2.45, 2.75) is 19.5 Å². The molecule has 0 saturated carbocycles. The zero-order valence-corrected chi connectivity index (χ0v) is 14.8. The third-order valence-corrected chi connectivity index (χ3v) is 4.18. The number of carbonyl (C=O) groups is 1. The number of para-hydroxylation sites is 1. The number of aromatic nitrogens is 2. The van der Waals surface area contributed by atoms with E-state index in [4.69, 9.17) is 4.74 Å². The van der Waals surface area contributed by atoms with E-state index in [2.05, 4.69) is 10.3 Å². The number of nitrogens with one attached hydrogen (secondary N) is 1. The molecule has 0 aliphatic heterocycles. The molecule has 1 aromatic heterocycles. The molecule has 6 heteroatoms. The molecule has 1 heterocycles. The second-order valence-corrected chi connectivity index (χ2v) is 6.00. The second-order valence-electron chi connectivity index (χ2n) is 6.00. The van der Waals surface area contributed by atoms with Crippen LogP contribution in [0.1, 0.15) is 29.1 Å². The standard InChI is InChI=1S/C20H21N3O3/c1-14(21-19(24)15-8-4-3-5-9-15)18-22-17-11-7-6-10-16(17)20(25)23(18)12-13-26-2/h3-11,14H,12-13H2,1-2H3,(H,21,24). The van der Waals surface area contributed by atoms with Crippen molar-refractivity contribution in [2.24, 2.45) is 0 Å². The molecule has 3 rings (SSSR count). The monoisotopic (exact) mass is 351 g/mol. The van der Waals surface area contributed by atoms with Crippen LogP contribution in [0.25, 0.3) is 10.9 Å². The predicted molar refractivity (Wildman–Crippen MR) is 100 cm³/mol. The Morgan fingerprint density at radius 1 is 1.15 bits per heavy atom. The lowest BCUT2D eigenvalue weighted by molar-refractivity contribution is 0.0937. The number of nitrogens with zero attached hydrogens (tertiary/aromatic N) is 2. The molecule has 0 aliphatic rings. The minimum Gasteiger partial charge on any atom is -0.383 e. The van der Waals surface area contributed by atoms with Gasteiger partial charge in [-0.05, 0) is 31.2 Å². The van der Waals surface area contributed by atoms with Crippen LogP contribution in [0.3, 0.4) is 0 Å². The summed E-state index contributed by atoms with van der Waals surface area (Å²) in [5.41, 5.74) is 1.04. The van der Waals surface area contributed by atoms with Crippen LogP contribution in [-0.2, 0) is 11.3 Å². The van der Waals surface area contributed by atoms with E-state index in [1.807, 2.05) is 37.3 Å². The molecule has 26 heavy (non-hydrogen) atoms. The van der Waals surface area contributed by atoms with Crippen molar-refractivity contribution < 1.29 is 9.53 Å². The zero-order valence-electron chi connectivity index (χ0n) is 14.8. The Balaban J connectivity index is 1.99. The van der Waals surface area contributed by atoms with Gasteiger partial charge in [-0.1, -0.05) is 30.3 Å². The van der Waals surface area contributed by atoms with Gasteiger partial charge in [-0.3, -0.25) is 14.2 Å². The van der Waals surface area contributed by atoms with Crippen molar-refractivity contribution in [1.29, 1.82) is 0 Å². The molecule has 2 aromatic carbocycles. The number of benzene rings is 2. The first-order valence-electron chi connectivity index (χ1n) is 8.46. The topological polar surface area (TPSA) is 73.2 Å². The maximum absolute atomic E-state index is 12.9. The highest BCUT2D eigenvalue weighted by Gasteiger charge is 2.18. The molecular weight excluding hydrogens is 330 g/mol. The van der Waals surface area contributed by atoms with E-state index in [9.17, 15) is 9.59 Å². The van der Waals surface area contributed by atoms with Gasteiger partial charge in [0.25, 0.3) is 11.5 Å².